The number of nitrogens with one attached hydrogen (secondary N) is 1. The highest BCUT2D eigenvalue weighted by atomic mass is 19.2. The van der Waals surface area contributed by atoms with E-state index in [0.717, 1.165) is 12.1 Å². The maximum absolute atomic E-state index is 13.7. The lowest BCUT2D eigenvalue weighted by molar-refractivity contribution is 0.000623. The van der Waals surface area contributed by atoms with E-state index in [0.29, 0.717) is 19.8 Å². The van der Waals surface area contributed by atoms with E-state index < -0.39 is 23.1 Å². The molecule has 106 valence electrons. The third-order valence-corrected chi connectivity index (χ3v) is 3.26. The Balaban J connectivity index is 2.21. The van der Waals surface area contributed by atoms with E-state index in [1.54, 1.807) is 0 Å². The molecular formula is C13H16F3NO2. The first-order valence-corrected chi connectivity index (χ1v) is 6.09. The average molecular weight is 275 g/mol. The van der Waals surface area contributed by atoms with Gasteiger partial charge in [0.2, 0.25) is 0 Å². The van der Waals surface area contributed by atoms with Gasteiger partial charge in [0, 0.05) is 18.2 Å². The highest BCUT2D eigenvalue weighted by Crippen LogP contribution is 2.30. The molecule has 1 aromatic carbocycles. The summed E-state index contributed by atoms with van der Waals surface area (Å²) in [6.07, 6.45) is 0.148. The Hall–Kier alpha value is -1.11. The summed E-state index contributed by atoms with van der Waals surface area (Å²) in [5, 5.41) is 13.4. The number of morpholine rings is 1. The minimum absolute atomic E-state index is 0.148. The molecule has 0 bridgehead atoms. The number of hydrogen-bond donors (Lipinski definition) is 2. The van der Waals surface area contributed by atoms with E-state index in [2.05, 4.69) is 5.32 Å². The predicted molar refractivity (Wildman–Crippen MR) is 63.1 cm³/mol. The maximum atomic E-state index is 13.7. The topological polar surface area (TPSA) is 41.5 Å². The monoisotopic (exact) mass is 275 g/mol. The highest BCUT2D eigenvalue weighted by Gasteiger charge is 2.32. The Bertz CT molecular complexity index is 459. The van der Waals surface area contributed by atoms with Gasteiger partial charge in [0.05, 0.1) is 18.8 Å². The number of rotatable bonds is 3. The summed E-state index contributed by atoms with van der Waals surface area (Å²) in [5.41, 5.74) is -1.85. The summed E-state index contributed by atoms with van der Waals surface area (Å²) in [4.78, 5) is 0. The van der Waals surface area contributed by atoms with Gasteiger partial charge >= 0.3 is 0 Å². The van der Waals surface area contributed by atoms with Crippen LogP contribution in [-0.4, -0.2) is 30.9 Å². The molecule has 0 aromatic heterocycles. The molecular weight excluding hydrogens is 259 g/mol. The minimum Gasteiger partial charge on any atom is -0.385 e. The number of hydrogen-bond acceptors (Lipinski definition) is 3. The number of ether oxygens (including phenoxy) is 1. The number of halogens is 3. The number of benzene rings is 1. The maximum Gasteiger partial charge on any atom is 0.194 e. The molecule has 0 spiro atoms. The molecule has 6 heteroatoms. The van der Waals surface area contributed by atoms with Crippen molar-refractivity contribution >= 4 is 0 Å². The van der Waals surface area contributed by atoms with Crippen LogP contribution in [0.3, 0.4) is 0 Å². The van der Waals surface area contributed by atoms with Gasteiger partial charge in [-0.2, -0.15) is 0 Å². The Morgan fingerprint density at radius 2 is 2.11 bits per heavy atom. The standard InChI is InChI=1S/C13H16F3NO2/c1-13(18,6-8-7-19-5-4-17-8)9-2-3-10(14)12(16)11(9)15/h2-3,8,17-18H,4-7H2,1H3. The Kier molecular flexibility index (Phi) is 4.13. The van der Waals surface area contributed by atoms with Gasteiger partial charge in [0.1, 0.15) is 0 Å². The molecule has 0 amide bonds. The van der Waals surface area contributed by atoms with Gasteiger partial charge in [-0.1, -0.05) is 6.07 Å². The smallest absolute Gasteiger partial charge is 0.194 e. The van der Waals surface area contributed by atoms with Crippen LogP contribution in [0.25, 0.3) is 0 Å². The highest BCUT2D eigenvalue weighted by molar-refractivity contribution is 5.26. The minimum atomic E-state index is -1.60. The predicted octanol–water partition coefficient (Wildman–Crippen LogP) is 1.69. The van der Waals surface area contributed by atoms with Crippen LogP contribution in [0.15, 0.2) is 12.1 Å². The molecule has 2 N–H and O–H groups in total. The van der Waals surface area contributed by atoms with E-state index in [4.69, 9.17) is 4.74 Å². The van der Waals surface area contributed by atoms with Crippen LogP contribution in [0.5, 0.6) is 0 Å². The van der Waals surface area contributed by atoms with Crippen LogP contribution >= 0.6 is 0 Å². The normalized spacial score (nSPS) is 23.1. The fourth-order valence-corrected chi connectivity index (χ4v) is 2.28. The summed E-state index contributed by atoms with van der Waals surface area (Å²) < 4.78 is 45.0. The van der Waals surface area contributed by atoms with Crippen LogP contribution in [0.2, 0.25) is 0 Å². The molecule has 1 aliphatic heterocycles. The molecule has 0 saturated carbocycles. The quantitative estimate of drug-likeness (QED) is 0.825. The third-order valence-electron chi connectivity index (χ3n) is 3.26. The Labute approximate surface area is 109 Å². The fourth-order valence-electron chi connectivity index (χ4n) is 2.28. The number of aliphatic hydroxyl groups is 1. The van der Waals surface area contributed by atoms with Crippen molar-refractivity contribution in [3.05, 3.63) is 35.1 Å². The third kappa shape index (κ3) is 3.08. The Morgan fingerprint density at radius 1 is 1.37 bits per heavy atom. The van der Waals surface area contributed by atoms with Crippen molar-refractivity contribution in [3.63, 3.8) is 0 Å². The molecule has 2 atom stereocenters. The van der Waals surface area contributed by atoms with Crippen LogP contribution in [0, 0.1) is 17.5 Å². The molecule has 1 fully saturated rings. The van der Waals surface area contributed by atoms with Crippen LogP contribution in [0.4, 0.5) is 13.2 Å². The van der Waals surface area contributed by atoms with E-state index in [-0.39, 0.29) is 18.0 Å². The molecule has 1 saturated heterocycles. The van der Waals surface area contributed by atoms with Gasteiger partial charge in [-0.05, 0) is 19.4 Å². The first kappa shape index (κ1) is 14.3. The lowest BCUT2D eigenvalue weighted by Crippen LogP contribution is -2.45. The van der Waals surface area contributed by atoms with Crippen molar-refractivity contribution in [1.82, 2.24) is 5.32 Å². The van der Waals surface area contributed by atoms with Gasteiger partial charge < -0.3 is 15.2 Å². The zero-order valence-electron chi connectivity index (χ0n) is 10.5. The zero-order valence-corrected chi connectivity index (χ0v) is 10.5. The van der Waals surface area contributed by atoms with Gasteiger partial charge in [-0.3, -0.25) is 0 Å². The molecule has 0 aliphatic carbocycles. The van der Waals surface area contributed by atoms with E-state index in [9.17, 15) is 18.3 Å². The van der Waals surface area contributed by atoms with Crippen molar-refractivity contribution in [3.8, 4) is 0 Å². The zero-order chi connectivity index (χ0) is 14.0. The second kappa shape index (κ2) is 5.48. The summed E-state index contributed by atoms with van der Waals surface area (Å²) in [6, 6.07) is 1.72. The van der Waals surface area contributed by atoms with Crippen molar-refractivity contribution in [2.45, 2.75) is 25.0 Å². The Morgan fingerprint density at radius 3 is 2.74 bits per heavy atom. The first-order chi connectivity index (χ1) is 8.92. The van der Waals surface area contributed by atoms with Gasteiger partial charge in [-0.15, -0.1) is 0 Å². The molecule has 19 heavy (non-hydrogen) atoms. The van der Waals surface area contributed by atoms with Crippen molar-refractivity contribution in [2.24, 2.45) is 0 Å². The molecule has 0 radical (unpaired) electrons. The summed E-state index contributed by atoms with van der Waals surface area (Å²) >= 11 is 0. The summed E-state index contributed by atoms with van der Waals surface area (Å²) in [5.74, 6) is -4.18. The molecule has 1 aromatic rings. The molecule has 2 rings (SSSR count). The molecule has 3 nitrogen and oxygen atoms in total. The van der Waals surface area contributed by atoms with Crippen molar-refractivity contribution in [1.29, 1.82) is 0 Å². The molecule has 1 heterocycles. The molecule has 1 aliphatic rings. The lowest BCUT2D eigenvalue weighted by Gasteiger charge is -2.32. The fraction of sp³-hybridized carbons (Fsp3) is 0.538. The van der Waals surface area contributed by atoms with E-state index in [1.807, 2.05) is 0 Å². The van der Waals surface area contributed by atoms with E-state index >= 15 is 0 Å². The SMILES string of the molecule is CC(O)(CC1COCCN1)c1ccc(F)c(F)c1F. The van der Waals surface area contributed by atoms with Crippen molar-refractivity contribution < 1.29 is 23.0 Å². The van der Waals surface area contributed by atoms with Crippen LogP contribution < -0.4 is 5.32 Å². The van der Waals surface area contributed by atoms with Gasteiger partial charge in [-0.25, -0.2) is 13.2 Å². The van der Waals surface area contributed by atoms with Crippen LogP contribution in [-0.2, 0) is 10.3 Å². The van der Waals surface area contributed by atoms with Crippen molar-refractivity contribution in [2.75, 3.05) is 19.8 Å². The largest absolute Gasteiger partial charge is 0.385 e. The second-order valence-electron chi connectivity index (χ2n) is 4.93. The second-order valence-corrected chi connectivity index (χ2v) is 4.93. The van der Waals surface area contributed by atoms with E-state index in [1.165, 1.54) is 6.92 Å². The average Bonchev–Trinajstić information content (AvgIpc) is 2.36. The van der Waals surface area contributed by atoms with Gasteiger partial charge in [0.25, 0.3) is 0 Å². The molecule has 2 unspecified atom stereocenters. The van der Waals surface area contributed by atoms with Crippen LogP contribution in [0.1, 0.15) is 18.9 Å². The van der Waals surface area contributed by atoms with Gasteiger partial charge in [0.15, 0.2) is 17.5 Å². The summed E-state index contributed by atoms with van der Waals surface area (Å²) in [7, 11) is 0. The summed E-state index contributed by atoms with van der Waals surface area (Å²) in [6.45, 7) is 2.99. The lowest BCUT2D eigenvalue weighted by atomic mass is 9.88. The first-order valence-electron chi connectivity index (χ1n) is 6.09.